The molecule has 0 unspecified atom stereocenters. The second-order valence-corrected chi connectivity index (χ2v) is 6.52. The summed E-state index contributed by atoms with van der Waals surface area (Å²) < 4.78 is 0. The molecule has 0 bridgehead atoms. The number of benzene rings is 2. The summed E-state index contributed by atoms with van der Waals surface area (Å²) in [5, 5.41) is 10.2. The number of carbonyl (C=O) groups is 3. The lowest BCUT2D eigenvalue weighted by Gasteiger charge is -2.18. The zero-order valence-electron chi connectivity index (χ0n) is 15.9. The highest BCUT2D eigenvalue weighted by Crippen LogP contribution is 2.19. The van der Waals surface area contributed by atoms with Crippen LogP contribution < -0.4 is 16.0 Å². The summed E-state index contributed by atoms with van der Waals surface area (Å²) in [4.78, 5) is 35.9. The first-order chi connectivity index (χ1) is 13.0. The van der Waals surface area contributed by atoms with Gasteiger partial charge in [-0.15, -0.1) is 0 Å². The van der Waals surface area contributed by atoms with Gasteiger partial charge in [0, 0.05) is 19.9 Å². The van der Waals surface area contributed by atoms with Gasteiger partial charge in [0.1, 0.15) is 6.04 Å². The van der Waals surface area contributed by atoms with Crippen LogP contribution in [0, 0.1) is 0 Å². The van der Waals surface area contributed by atoms with Crippen LogP contribution in [-0.4, -0.2) is 36.9 Å². The molecule has 0 heterocycles. The van der Waals surface area contributed by atoms with E-state index >= 15 is 0 Å². The molecule has 0 saturated heterocycles. The monoisotopic (exact) mass is 369 g/mol. The number of rotatable bonds is 9. The number of nitrogens with one attached hydrogen (secondary N) is 3. The molecule has 6 nitrogen and oxygen atoms in total. The van der Waals surface area contributed by atoms with Crippen molar-refractivity contribution in [3.63, 3.8) is 0 Å². The average Bonchev–Trinajstić information content (AvgIpc) is 2.65. The van der Waals surface area contributed by atoms with Crippen LogP contribution >= 0.6 is 0 Å². The van der Waals surface area contributed by atoms with Gasteiger partial charge in [-0.2, -0.15) is 0 Å². The van der Waals surface area contributed by atoms with E-state index in [9.17, 15) is 14.4 Å². The predicted octanol–water partition coefficient (Wildman–Crippen LogP) is 1.92. The van der Waals surface area contributed by atoms with Crippen LogP contribution in [-0.2, 0) is 20.8 Å². The SMILES string of the molecule is CCCCNC(=O)CNC(=O)[C@H](Cc1cccc2ccccc12)NC(C)=O. The Labute approximate surface area is 159 Å². The molecule has 2 aromatic carbocycles. The summed E-state index contributed by atoms with van der Waals surface area (Å²) >= 11 is 0. The van der Waals surface area contributed by atoms with Crippen LogP contribution in [0.2, 0.25) is 0 Å². The van der Waals surface area contributed by atoms with Gasteiger partial charge in [-0.25, -0.2) is 0 Å². The van der Waals surface area contributed by atoms with E-state index in [0.717, 1.165) is 29.2 Å². The smallest absolute Gasteiger partial charge is 0.243 e. The lowest BCUT2D eigenvalue weighted by molar-refractivity contribution is -0.129. The maximum absolute atomic E-state index is 12.5. The van der Waals surface area contributed by atoms with Crippen molar-refractivity contribution >= 4 is 28.5 Å². The topological polar surface area (TPSA) is 87.3 Å². The zero-order chi connectivity index (χ0) is 19.6. The number of amides is 3. The molecule has 27 heavy (non-hydrogen) atoms. The van der Waals surface area contributed by atoms with Crippen molar-refractivity contribution in [2.45, 2.75) is 39.2 Å². The van der Waals surface area contributed by atoms with Crippen molar-refractivity contribution < 1.29 is 14.4 Å². The van der Waals surface area contributed by atoms with E-state index in [4.69, 9.17) is 0 Å². The largest absolute Gasteiger partial charge is 0.355 e. The molecule has 1 atom stereocenters. The number of fused-ring (bicyclic) bond motifs is 1. The Kier molecular flexibility index (Phi) is 7.79. The third-order valence-corrected chi connectivity index (χ3v) is 4.27. The lowest BCUT2D eigenvalue weighted by atomic mass is 9.98. The fourth-order valence-electron chi connectivity index (χ4n) is 2.90. The Morgan fingerprint density at radius 3 is 2.48 bits per heavy atom. The predicted molar refractivity (Wildman–Crippen MR) is 106 cm³/mol. The van der Waals surface area contributed by atoms with Crippen LogP contribution in [0.3, 0.4) is 0 Å². The maximum atomic E-state index is 12.5. The molecule has 0 aliphatic carbocycles. The third-order valence-electron chi connectivity index (χ3n) is 4.27. The number of hydrogen-bond donors (Lipinski definition) is 3. The second-order valence-electron chi connectivity index (χ2n) is 6.52. The standard InChI is InChI=1S/C21H27N3O3/c1-3-4-12-22-20(26)14-23-21(27)19(24-15(2)25)13-17-10-7-9-16-8-5-6-11-18(16)17/h5-11,19H,3-4,12-14H2,1-2H3,(H,22,26)(H,23,27)(H,24,25)/t19-/m0/s1. The average molecular weight is 369 g/mol. The minimum Gasteiger partial charge on any atom is -0.355 e. The quantitative estimate of drug-likeness (QED) is 0.590. The van der Waals surface area contributed by atoms with Crippen molar-refractivity contribution in [3.05, 3.63) is 48.0 Å². The molecule has 3 N–H and O–H groups in total. The molecule has 144 valence electrons. The molecule has 3 amide bonds. The molecule has 2 aromatic rings. The highest BCUT2D eigenvalue weighted by molar-refractivity contribution is 5.91. The van der Waals surface area contributed by atoms with Crippen LogP contribution in [0.25, 0.3) is 10.8 Å². The number of unbranched alkanes of at least 4 members (excludes halogenated alkanes) is 1. The first-order valence-corrected chi connectivity index (χ1v) is 9.29. The number of hydrogen-bond acceptors (Lipinski definition) is 3. The van der Waals surface area contributed by atoms with Gasteiger partial charge in [-0.1, -0.05) is 55.8 Å². The van der Waals surface area contributed by atoms with Crippen LogP contribution in [0.1, 0.15) is 32.3 Å². The Bertz CT molecular complexity index is 799. The fraction of sp³-hybridized carbons (Fsp3) is 0.381. The Balaban J connectivity index is 2.04. The molecular weight excluding hydrogens is 342 g/mol. The van der Waals surface area contributed by atoms with Gasteiger partial charge in [0.05, 0.1) is 6.54 Å². The van der Waals surface area contributed by atoms with Gasteiger partial charge in [0.2, 0.25) is 17.7 Å². The fourth-order valence-corrected chi connectivity index (χ4v) is 2.90. The minimum absolute atomic E-state index is 0.103. The molecule has 6 heteroatoms. The molecule has 0 aliphatic heterocycles. The molecule has 0 fully saturated rings. The Morgan fingerprint density at radius 1 is 1.00 bits per heavy atom. The summed E-state index contributed by atoms with van der Waals surface area (Å²) in [6.45, 7) is 3.91. The minimum atomic E-state index is -0.739. The highest BCUT2D eigenvalue weighted by Gasteiger charge is 2.21. The van der Waals surface area contributed by atoms with Crippen LogP contribution in [0.15, 0.2) is 42.5 Å². The van der Waals surface area contributed by atoms with Crippen molar-refractivity contribution in [2.75, 3.05) is 13.1 Å². The molecule has 0 aromatic heterocycles. The highest BCUT2D eigenvalue weighted by atomic mass is 16.2. The van der Waals surface area contributed by atoms with Gasteiger partial charge in [-0.3, -0.25) is 14.4 Å². The first kappa shape index (κ1) is 20.4. The van der Waals surface area contributed by atoms with Crippen molar-refractivity contribution in [2.24, 2.45) is 0 Å². The molecule has 2 rings (SSSR count). The Morgan fingerprint density at radius 2 is 1.74 bits per heavy atom. The van der Waals surface area contributed by atoms with Gasteiger partial charge < -0.3 is 16.0 Å². The molecule has 0 aliphatic rings. The van der Waals surface area contributed by atoms with E-state index in [2.05, 4.69) is 16.0 Å². The number of carbonyl (C=O) groups excluding carboxylic acids is 3. The molecule has 0 spiro atoms. The van der Waals surface area contributed by atoms with E-state index in [-0.39, 0.29) is 24.3 Å². The van der Waals surface area contributed by atoms with Gasteiger partial charge in [0.25, 0.3) is 0 Å². The molecular formula is C21H27N3O3. The molecule has 0 saturated carbocycles. The van der Waals surface area contributed by atoms with Crippen molar-refractivity contribution in [3.8, 4) is 0 Å². The summed E-state index contributed by atoms with van der Waals surface area (Å²) in [6, 6.07) is 13.1. The summed E-state index contributed by atoms with van der Waals surface area (Å²) in [6.07, 6.45) is 2.24. The van der Waals surface area contributed by atoms with E-state index in [1.165, 1.54) is 6.92 Å². The van der Waals surface area contributed by atoms with Crippen molar-refractivity contribution in [1.82, 2.24) is 16.0 Å². The van der Waals surface area contributed by atoms with E-state index in [0.29, 0.717) is 13.0 Å². The summed E-state index contributed by atoms with van der Waals surface area (Å²) in [7, 11) is 0. The van der Waals surface area contributed by atoms with E-state index in [1.54, 1.807) is 0 Å². The van der Waals surface area contributed by atoms with Gasteiger partial charge in [-0.05, 0) is 22.8 Å². The zero-order valence-corrected chi connectivity index (χ0v) is 15.9. The second kappa shape index (κ2) is 10.3. The van der Waals surface area contributed by atoms with Gasteiger partial charge >= 0.3 is 0 Å². The van der Waals surface area contributed by atoms with E-state index in [1.807, 2.05) is 49.4 Å². The Hall–Kier alpha value is -2.89. The summed E-state index contributed by atoms with van der Waals surface area (Å²) in [5.41, 5.74) is 0.967. The van der Waals surface area contributed by atoms with Crippen LogP contribution in [0.4, 0.5) is 0 Å². The van der Waals surface area contributed by atoms with Gasteiger partial charge in [0.15, 0.2) is 0 Å². The molecule has 0 radical (unpaired) electrons. The van der Waals surface area contributed by atoms with Crippen LogP contribution in [0.5, 0.6) is 0 Å². The van der Waals surface area contributed by atoms with Crippen molar-refractivity contribution in [1.29, 1.82) is 0 Å². The third kappa shape index (κ3) is 6.40. The maximum Gasteiger partial charge on any atom is 0.243 e. The first-order valence-electron chi connectivity index (χ1n) is 9.29. The van der Waals surface area contributed by atoms with E-state index < -0.39 is 6.04 Å². The summed E-state index contributed by atoms with van der Waals surface area (Å²) in [5.74, 6) is -0.893. The lowest BCUT2D eigenvalue weighted by Crippen LogP contribution is -2.49. The normalized spacial score (nSPS) is 11.6.